The van der Waals surface area contributed by atoms with Crippen molar-refractivity contribution in [3.63, 3.8) is 0 Å². The summed E-state index contributed by atoms with van der Waals surface area (Å²) in [4.78, 5) is 18.1. The standard InChI is InChI=1S/C16H16N2O2S/c1-20-14-5-3-2-4-13(14)16-18(15(19)11-21-16)10-12-6-8-17-9-7-12/h2-9,16H,10-11H2,1H3. The van der Waals surface area contributed by atoms with Crippen molar-refractivity contribution in [3.05, 3.63) is 59.9 Å². The maximum Gasteiger partial charge on any atom is 0.234 e. The number of methoxy groups -OCH3 is 1. The molecule has 0 aliphatic carbocycles. The highest BCUT2D eigenvalue weighted by molar-refractivity contribution is 8.00. The molecule has 21 heavy (non-hydrogen) atoms. The molecule has 1 saturated heterocycles. The molecule has 1 unspecified atom stereocenters. The molecule has 1 aromatic carbocycles. The Balaban J connectivity index is 1.89. The molecule has 1 fully saturated rings. The lowest BCUT2D eigenvalue weighted by molar-refractivity contribution is -0.128. The largest absolute Gasteiger partial charge is 0.496 e. The smallest absolute Gasteiger partial charge is 0.234 e. The summed E-state index contributed by atoms with van der Waals surface area (Å²) in [5.41, 5.74) is 2.13. The second-order valence-electron chi connectivity index (χ2n) is 4.78. The van der Waals surface area contributed by atoms with Crippen LogP contribution in [0.5, 0.6) is 5.75 Å². The predicted molar refractivity (Wildman–Crippen MR) is 83.0 cm³/mol. The number of nitrogens with zero attached hydrogens (tertiary/aromatic N) is 2. The van der Waals surface area contributed by atoms with Gasteiger partial charge in [0, 0.05) is 24.5 Å². The van der Waals surface area contributed by atoms with Gasteiger partial charge >= 0.3 is 0 Å². The predicted octanol–water partition coefficient (Wildman–Crippen LogP) is 2.86. The number of pyridine rings is 1. The molecule has 0 bridgehead atoms. The molecule has 1 amide bonds. The molecular formula is C16H16N2O2S. The summed E-state index contributed by atoms with van der Waals surface area (Å²) in [6, 6.07) is 11.8. The Kier molecular flexibility index (Phi) is 4.10. The molecule has 1 aromatic heterocycles. The molecular weight excluding hydrogens is 284 g/mol. The highest BCUT2D eigenvalue weighted by Crippen LogP contribution is 2.42. The van der Waals surface area contributed by atoms with Gasteiger partial charge in [0.25, 0.3) is 0 Å². The summed E-state index contributed by atoms with van der Waals surface area (Å²) in [6.45, 7) is 0.594. The normalized spacial score (nSPS) is 18.0. The molecule has 5 heteroatoms. The van der Waals surface area contributed by atoms with Gasteiger partial charge < -0.3 is 9.64 Å². The summed E-state index contributed by atoms with van der Waals surface area (Å²) in [5.74, 6) is 1.49. The third kappa shape index (κ3) is 2.88. The number of aromatic nitrogens is 1. The van der Waals surface area contributed by atoms with Crippen LogP contribution in [0.25, 0.3) is 0 Å². The lowest BCUT2D eigenvalue weighted by Crippen LogP contribution is -2.27. The number of ether oxygens (including phenoxy) is 1. The number of carbonyl (C=O) groups excluding carboxylic acids is 1. The summed E-state index contributed by atoms with van der Waals surface area (Å²) in [5, 5.41) is 0.00168. The average molecular weight is 300 g/mol. The minimum Gasteiger partial charge on any atom is -0.496 e. The van der Waals surface area contributed by atoms with E-state index in [0.717, 1.165) is 16.9 Å². The third-order valence-corrected chi connectivity index (χ3v) is 4.71. The van der Waals surface area contributed by atoms with Crippen LogP contribution in [0.4, 0.5) is 0 Å². The van der Waals surface area contributed by atoms with Gasteiger partial charge in [-0.3, -0.25) is 9.78 Å². The Hall–Kier alpha value is -2.01. The number of benzene rings is 1. The highest BCUT2D eigenvalue weighted by atomic mass is 32.2. The van der Waals surface area contributed by atoms with Gasteiger partial charge in [-0.15, -0.1) is 11.8 Å². The van der Waals surface area contributed by atoms with Crippen LogP contribution >= 0.6 is 11.8 Å². The summed E-state index contributed by atoms with van der Waals surface area (Å²) >= 11 is 1.64. The zero-order valence-corrected chi connectivity index (χ0v) is 12.5. The van der Waals surface area contributed by atoms with E-state index in [0.29, 0.717) is 12.3 Å². The zero-order chi connectivity index (χ0) is 14.7. The van der Waals surface area contributed by atoms with Gasteiger partial charge in [0.1, 0.15) is 11.1 Å². The molecule has 2 aromatic rings. The minimum atomic E-state index is 0.00168. The third-order valence-electron chi connectivity index (χ3n) is 3.48. The van der Waals surface area contributed by atoms with Gasteiger partial charge in [-0.05, 0) is 23.8 Å². The molecule has 2 heterocycles. The highest BCUT2D eigenvalue weighted by Gasteiger charge is 2.34. The molecule has 0 spiro atoms. The lowest BCUT2D eigenvalue weighted by atomic mass is 10.1. The summed E-state index contributed by atoms with van der Waals surface area (Å²) in [7, 11) is 1.66. The first-order chi connectivity index (χ1) is 10.3. The summed E-state index contributed by atoms with van der Waals surface area (Å²) in [6.07, 6.45) is 3.50. The van der Waals surface area contributed by atoms with Gasteiger partial charge in [0.15, 0.2) is 0 Å². The van der Waals surface area contributed by atoms with E-state index in [1.54, 1.807) is 31.3 Å². The zero-order valence-electron chi connectivity index (χ0n) is 11.7. The SMILES string of the molecule is COc1ccccc1C1SCC(=O)N1Cc1ccncc1. The van der Waals surface area contributed by atoms with E-state index in [-0.39, 0.29) is 11.3 Å². The van der Waals surface area contributed by atoms with Crippen molar-refractivity contribution < 1.29 is 9.53 Å². The monoisotopic (exact) mass is 300 g/mol. The van der Waals surface area contributed by atoms with Gasteiger partial charge in [-0.25, -0.2) is 0 Å². The van der Waals surface area contributed by atoms with Crippen molar-refractivity contribution in [1.29, 1.82) is 0 Å². The van der Waals surface area contributed by atoms with Gasteiger partial charge in [-0.1, -0.05) is 18.2 Å². The van der Waals surface area contributed by atoms with Crippen molar-refractivity contribution in [2.24, 2.45) is 0 Å². The number of hydrogen-bond acceptors (Lipinski definition) is 4. The number of rotatable bonds is 4. The van der Waals surface area contributed by atoms with Crippen molar-refractivity contribution in [3.8, 4) is 5.75 Å². The maximum atomic E-state index is 12.2. The van der Waals surface area contributed by atoms with Crippen LogP contribution in [0, 0.1) is 0 Å². The van der Waals surface area contributed by atoms with Crippen LogP contribution in [-0.2, 0) is 11.3 Å². The molecule has 0 radical (unpaired) electrons. The molecule has 108 valence electrons. The van der Waals surface area contributed by atoms with E-state index in [1.807, 2.05) is 41.3 Å². The van der Waals surface area contributed by atoms with Crippen molar-refractivity contribution in [2.45, 2.75) is 11.9 Å². The number of amides is 1. The Labute approximate surface area is 128 Å². The first-order valence-electron chi connectivity index (χ1n) is 6.72. The van der Waals surface area contributed by atoms with E-state index in [9.17, 15) is 4.79 Å². The summed E-state index contributed by atoms with van der Waals surface area (Å²) < 4.78 is 5.43. The van der Waals surface area contributed by atoms with Crippen LogP contribution in [0.15, 0.2) is 48.8 Å². The Bertz CT molecular complexity index is 633. The quantitative estimate of drug-likeness (QED) is 0.871. The fourth-order valence-electron chi connectivity index (χ4n) is 2.44. The van der Waals surface area contributed by atoms with E-state index >= 15 is 0 Å². The van der Waals surface area contributed by atoms with Gasteiger partial charge in [0.2, 0.25) is 5.91 Å². The number of thioether (sulfide) groups is 1. The van der Waals surface area contributed by atoms with Crippen LogP contribution in [0.3, 0.4) is 0 Å². The first-order valence-corrected chi connectivity index (χ1v) is 7.77. The van der Waals surface area contributed by atoms with Crippen LogP contribution in [0.1, 0.15) is 16.5 Å². The molecule has 3 rings (SSSR count). The maximum absolute atomic E-state index is 12.2. The molecule has 1 aliphatic rings. The average Bonchev–Trinajstić information content (AvgIpc) is 2.89. The van der Waals surface area contributed by atoms with E-state index in [4.69, 9.17) is 4.74 Å². The molecule has 1 aliphatic heterocycles. The molecule has 1 atom stereocenters. The van der Waals surface area contributed by atoms with Gasteiger partial charge in [-0.2, -0.15) is 0 Å². The lowest BCUT2D eigenvalue weighted by Gasteiger charge is -2.25. The van der Waals surface area contributed by atoms with Crippen LogP contribution < -0.4 is 4.74 Å². The molecule has 4 nitrogen and oxygen atoms in total. The van der Waals surface area contributed by atoms with E-state index in [2.05, 4.69) is 4.98 Å². The van der Waals surface area contributed by atoms with E-state index < -0.39 is 0 Å². The van der Waals surface area contributed by atoms with Crippen molar-refractivity contribution in [1.82, 2.24) is 9.88 Å². The second-order valence-corrected chi connectivity index (χ2v) is 5.85. The topological polar surface area (TPSA) is 42.4 Å². The van der Waals surface area contributed by atoms with Gasteiger partial charge in [0.05, 0.1) is 12.9 Å². The fraction of sp³-hybridized carbons (Fsp3) is 0.250. The second kappa shape index (κ2) is 6.18. The number of carbonyl (C=O) groups is 1. The van der Waals surface area contributed by atoms with Crippen LogP contribution in [0.2, 0.25) is 0 Å². The first kappa shape index (κ1) is 13.9. The van der Waals surface area contributed by atoms with Crippen molar-refractivity contribution in [2.75, 3.05) is 12.9 Å². The molecule has 0 N–H and O–H groups in total. The Morgan fingerprint density at radius 2 is 2.05 bits per heavy atom. The fourth-order valence-corrected chi connectivity index (χ4v) is 3.65. The van der Waals surface area contributed by atoms with E-state index in [1.165, 1.54) is 0 Å². The minimum absolute atomic E-state index is 0.00168. The molecule has 0 saturated carbocycles. The van der Waals surface area contributed by atoms with Crippen molar-refractivity contribution >= 4 is 17.7 Å². The van der Waals surface area contributed by atoms with Crippen LogP contribution in [-0.4, -0.2) is 28.7 Å². The number of para-hydroxylation sites is 1. The Morgan fingerprint density at radius 1 is 1.29 bits per heavy atom. The number of hydrogen-bond donors (Lipinski definition) is 0. The Morgan fingerprint density at radius 3 is 2.81 bits per heavy atom.